The number of hydrogen-bond donors (Lipinski definition) is 1. The molecule has 16 heavy (non-hydrogen) atoms. The highest BCUT2D eigenvalue weighted by Gasteiger charge is 2.25. The molecule has 0 radical (unpaired) electrons. The normalized spacial score (nSPS) is 14.6. The molecule has 1 rings (SSSR count). The van der Waals surface area contributed by atoms with Gasteiger partial charge in [0.05, 0.1) is 29.6 Å². The van der Waals surface area contributed by atoms with E-state index in [1.54, 1.807) is 18.5 Å². The van der Waals surface area contributed by atoms with Crippen molar-refractivity contribution >= 4 is 17.6 Å². The molecule has 2 unspecified atom stereocenters. The first kappa shape index (κ1) is 13.0. The van der Waals surface area contributed by atoms with Crippen LogP contribution in [0.4, 0.5) is 0 Å². The fourth-order valence-electron chi connectivity index (χ4n) is 1.40. The highest BCUT2D eigenvalue weighted by Crippen LogP contribution is 2.19. The molecule has 0 fully saturated rings. The Morgan fingerprint density at radius 1 is 1.75 bits per heavy atom. The number of esters is 1. The zero-order valence-corrected chi connectivity index (χ0v) is 10.4. The SMILES string of the molecule is CCOC(=O)C(N)C(C)n1ncc(Cl)c1C. The van der Waals surface area contributed by atoms with E-state index in [-0.39, 0.29) is 6.04 Å². The van der Waals surface area contributed by atoms with Gasteiger partial charge < -0.3 is 10.5 Å². The highest BCUT2D eigenvalue weighted by atomic mass is 35.5. The third kappa shape index (κ3) is 2.54. The first-order chi connectivity index (χ1) is 7.49. The molecule has 1 heterocycles. The summed E-state index contributed by atoms with van der Waals surface area (Å²) in [6.45, 7) is 5.69. The summed E-state index contributed by atoms with van der Waals surface area (Å²) in [4.78, 5) is 11.5. The molecule has 6 heteroatoms. The Hall–Kier alpha value is -1.07. The van der Waals surface area contributed by atoms with Crippen molar-refractivity contribution in [3.05, 3.63) is 16.9 Å². The molecule has 0 amide bonds. The molecule has 1 aromatic rings. The zero-order valence-electron chi connectivity index (χ0n) is 9.61. The third-order valence-corrected chi connectivity index (χ3v) is 2.82. The lowest BCUT2D eigenvalue weighted by Crippen LogP contribution is -2.40. The predicted molar refractivity (Wildman–Crippen MR) is 61.3 cm³/mol. The fourth-order valence-corrected chi connectivity index (χ4v) is 1.53. The van der Waals surface area contributed by atoms with Crippen LogP contribution in [0.5, 0.6) is 0 Å². The van der Waals surface area contributed by atoms with Crippen LogP contribution in [-0.2, 0) is 9.53 Å². The Balaban J connectivity index is 2.81. The van der Waals surface area contributed by atoms with Gasteiger partial charge in [-0.15, -0.1) is 0 Å². The van der Waals surface area contributed by atoms with Crippen LogP contribution in [0.15, 0.2) is 6.20 Å². The average Bonchev–Trinajstić information content (AvgIpc) is 2.58. The van der Waals surface area contributed by atoms with Gasteiger partial charge in [-0.2, -0.15) is 5.10 Å². The van der Waals surface area contributed by atoms with E-state index >= 15 is 0 Å². The summed E-state index contributed by atoms with van der Waals surface area (Å²) in [6, 6.07) is -1.03. The van der Waals surface area contributed by atoms with Gasteiger partial charge in [-0.05, 0) is 20.8 Å². The van der Waals surface area contributed by atoms with Crippen molar-refractivity contribution in [2.45, 2.75) is 32.9 Å². The van der Waals surface area contributed by atoms with Crippen LogP contribution in [-0.4, -0.2) is 28.4 Å². The second kappa shape index (κ2) is 5.32. The summed E-state index contributed by atoms with van der Waals surface area (Å²) >= 11 is 5.88. The molecule has 0 saturated heterocycles. The van der Waals surface area contributed by atoms with E-state index in [1.165, 1.54) is 6.20 Å². The summed E-state index contributed by atoms with van der Waals surface area (Å²) < 4.78 is 6.48. The Kier molecular flexibility index (Phi) is 4.32. The molecule has 0 bridgehead atoms. The van der Waals surface area contributed by atoms with Crippen LogP contribution < -0.4 is 5.73 Å². The van der Waals surface area contributed by atoms with Gasteiger partial charge in [0, 0.05) is 0 Å². The largest absolute Gasteiger partial charge is 0.465 e. The smallest absolute Gasteiger partial charge is 0.325 e. The maximum Gasteiger partial charge on any atom is 0.325 e. The van der Waals surface area contributed by atoms with Crippen LogP contribution >= 0.6 is 11.6 Å². The number of carbonyl (C=O) groups is 1. The van der Waals surface area contributed by atoms with Crippen molar-refractivity contribution in [3.63, 3.8) is 0 Å². The van der Waals surface area contributed by atoms with Gasteiger partial charge >= 0.3 is 5.97 Å². The topological polar surface area (TPSA) is 70.1 Å². The van der Waals surface area contributed by atoms with Crippen LogP contribution in [0.1, 0.15) is 25.6 Å². The lowest BCUT2D eigenvalue weighted by molar-refractivity contribution is -0.145. The Labute approximate surface area is 99.5 Å². The molecule has 0 spiro atoms. The average molecular weight is 246 g/mol. The second-order valence-corrected chi connectivity index (χ2v) is 3.95. The Morgan fingerprint density at radius 3 is 2.81 bits per heavy atom. The lowest BCUT2D eigenvalue weighted by atomic mass is 10.1. The van der Waals surface area contributed by atoms with Crippen LogP contribution in [0.25, 0.3) is 0 Å². The number of nitrogens with zero attached hydrogens (tertiary/aromatic N) is 2. The number of ether oxygens (including phenoxy) is 1. The van der Waals surface area contributed by atoms with Gasteiger partial charge in [0.15, 0.2) is 0 Å². The van der Waals surface area contributed by atoms with Crippen molar-refractivity contribution in [1.29, 1.82) is 0 Å². The van der Waals surface area contributed by atoms with E-state index in [9.17, 15) is 4.79 Å². The van der Waals surface area contributed by atoms with E-state index < -0.39 is 12.0 Å². The number of aromatic nitrogens is 2. The number of hydrogen-bond acceptors (Lipinski definition) is 4. The number of rotatable bonds is 4. The molecule has 0 aliphatic heterocycles. The second-order valence-electron chi connectivity index (χ2n) is 3.54. The molecular formula is C10H16ClN3O2. The Bertz CT molecular complexity index is 378. The maximum atomic E-state index is 11.5. The number of halogens is 1. The standard InChI is InChI=1S/C10H16ClN3O2/c1-4-16-10(15)9(12)7(3)14-6(2)8(11)5-13-14/h5,7,9H,4,12H2,1-3H3. The van der Waals surface area contributed by atoms with E-state index in [4.69, 9.17) is 22.1 Å². The molecule has 0 aliphatic rings. The predicted octanol–water partition coefficient (Wildman–Crippen LogP) is 1.30. The summed E-state index contributed by atoms with van der Waals surface area (Å²) in [6.07, 6.45) is 1.53. The van der Waals surface area contributed by atoms with Crippen LogP contribution in [0.2, 0.25) is 5.02 Å². The van der Waals surface area contributed by atoms with E-state index in [0.717, 1.165) is 5.69 Å². The van der Waals surface area contributed by atoms with Crippen molar-refractivity contribution in [3.8, 4) is 0 Å². The molecule has 1 aromatic heterocycles. The van der Waals surface area contributed by atoms with Gasteiger partial charge in [0.25, 0.3) is 0 Å². The lowest BCUT2D eigenvalue weighted by Gasteiger charge is -2.20. The minimum absolute atomic E-state index is 0.286. The molecule has 0 aromatic carbocycles. The van der Waals surface area contributed by atoms with Crippen molar-refractivity contribution < 1.29 is 9.53 Å². The van der Waals surface area contributed by atoms with Gasteiger partial charge in [-0.3, -0.25) is 9.48 Å². The van der Waals surface area contributed by atoms with E-state index in [0.29, 0.717) is 11.6 Å². The first-order valence-corrected chi connectivity index (χ1v) is 5.48. The molecular weight excluding hydrogens is 230 g/mol. The third-order valence-electron chi connectivity index (χ3n) is 2.45. The minimum Gasteiger partial charge on any atom is -0.465 e. The fraction of sp³-hybridized carbons (Fsp3) is 0.600. The highest BCUT2D eigenvalue weighted by molar-refractivity contribution is 6.31. The monoisotopic (exact) mass is 245 g/mol. The molecule has 5 nitrogen and oxygen atoms in total. The molecule has 0 saturated carbocycles. The first-order valence-electron chi connectivity index (χ1n) is 5.10. The zero-order chi connectivity index (χ0) is 12.3. The van der Waals surface area contributed by atoms with Gasteiger partial charge in [0.1, 0.15) is 6.04 Å². The molecule has 2 atom stereocenters. The number of carbonyl (C=O) groups excluding carboxylic acids is 1. The number of nitrogens with two attached hydrogens (primary N) is 1. The van der Waals surface area contributed by atoms with Crippen molar-refractivity contribution in [2.24, 2.45) is 5.73 Å². The van der Waals surface area contributed by atoms with Crippen LogP contribution in [0, 0.1) is 6.92 Å². The molecule has 0 aliphatic carbocycles. The van der Waals surface area contributed by atoms with Gasteiger partial charge in [-0.1, -0.05) is 11.6 Å². The van der Waals surface area contributed by atoms with Crippen molar-refractivity contribution in [2.75, 3.05) is 6.61 Å². The quantitative estimate of drug-likeness (QED) is 0.812. The summed E-state index contributed by atoms with van der Waals surface area (Å²) in [5.74, 6) is -0.430. The summed E-state index contributed by atoms with van der Waals surface area (Å²) in [7, 11) is 0. The molecule has 2 N–H and O–H groups in total. The van der Waals surface area contributed by atoms with E-state index in [2.05, 4.69) is 5.10 Å². The van der Waals surface area contributed by atoms with Gasteiger partial charge in [-0.25, -0.2) is 0 Å². The van der Waals surface area contributed by atoms with Crippen molar-refractivity contribution in [1.82, 2.24) is 9.78 Å². The minimum atomic E-state index is -0.741. The maximum absolute atomic E-state index is 11.5. The van der Waals surface area contributed by atoms with Crippen LogP contribution in [0.3, 0.4) is 0 Å². The molecule has 90 valence electrons. The Morgan fingerprint density at radius 2 is 2.38 bits per heavy atom. The van der Waals surface area contributed by atoms with E-state index in [1.807, 2.05) is 6.92 Å². The summed E-state index contributed by atoms with van der Waals surface area (Å²) in [5.41, 5.74) is 6.56. The van der Waals surface area contributed by atoms with Gasteiger partial charge in [0.2, 0.25) is 0 Å². The summed E-state index contributed by atoms with van der Waals surface area (Å²) in [5, 5.41) is 4.63.